The van der Waals surface area contributed by atoms with Crippen molar-refractivity contribution in [3.63, 3.8) is 0 Å². The predicted octanol–water partition coefficient (Wildman–Crippen LogP) is 1.80. The van der Waals surface area contributed by atoms with Crippen molar-refractivity contribution in [3.05, 3.63) is 28.7 Å². The Hall–Kier alpha value is -2.81. The number of amides is 1. The molecule has 9 heteroatoms. The van der Waals surface area contributed by atoms with E-state index in [0.717, 1.165) is 24.2 Å². The van der Waals surface area contributed by atoms with Crippen molar-refractivity contribution in [2.24, 2.45) is 11.1 Å². The van der Waals surface area contributed by atoms with E-state index in [9.17, 15) is 14.7 Å². The second-order valence-electron chi connectivity index (χ2n) is 9.02. The van der Waals surface area contributed by atoms with Crippen LogP contribution in [0.3, 0.4) is 0 Å². The van der Waals surface area contributed by atoms with Crippen molar-refractivity contribution in [2.75, 3.05) is 5.32 Å². The van der Waals surface area contributed by atoms with E-state index in [4.69, 9.17) is 5.73 Å². The second kappa shape index (κ2) is 7.46. The maximum absolute atomic E-state index is 12.8. The maximum atomic E-state index is 12.8. The molecule has 0 radical (unpaired) electrons. The molecule has 1 fully saturated rings. The Labute approximate surface area is 175 Å². The van der Waals surface area contributed by atoms with Gasteiger partial charge in [-0.3, -0.25) is 9.59 Å². The summed E-state index contributed by atoms with van der Waals surface area (Å²) in [6.07, 6.45) is 5.02. The molecule has 1 saturated carbocycles. The minimum atomic E-state index is -0.649. The van der Waals surface area contributed by atoms with E-state index in [2.05, 4.69) is 34.2 Å². The number of aromatic nitrogens is 4. The van der Waals surface area contributed by atoms with E-state index >= 15 is 0 Å². The average molecular weight is 412 g/mol. The van der Waals surface area contributed by atoms with Crippen LogP contribution in [0.4, 0.5) is 5.82 Å². The van der Waals surface area contributed by atoms with E-state index in [1.165, 1.54) is 6.20 Å². The first-order chi connectivity index (χ1) is 14.2. The normalized spacial score (nSPS) is 22.7. The van der Waals surface area contributed by atoms with Gasteiger partial charge in [0.2, 0.25) is 0 Å². The number of carbonyl (C=O) groups is 2. The lowest BCUT2D eigenvalue weighted by Crippen LogP contribution is -2.31. The van der Waals surface area contributed by atoms with Crippen LogP contribution >= 0.6 is 0 Å². The van der Waals surface area contributed by atoms with E-state index in [-0.39, 0.29) is 34.6 Å². The number of carbonyl (C=O) groups excluding carboxylic acids is 2. The number of Topliss-reactive ketones (excluding diaryl/α,β-unsaturated/α-hetero) is 1. The lowest BCUT2D eigenvalue weighted by atomic mass is 9.75. The summed E-state index contributed by atoms with van der Waals surface area (Å²) in [5, 5.41) is 18.0. The van der Waals surface area contributed by atoms with Gasteiger partial charge in [0.1, 0.15) is 5.82 Å². The van der Waals surface area contributed by atoms with Crippen LogP contribution < -0.4 is 11.1 Å². The van der Waals surface area contributed by atoms with Gasteiger partial charge in [0.25, 0.3) is 11.9 Å². The molecule has 2 aliphatic carbocycles. The molecule has 2 atom stereocenters. The first-order valence-corrected chi connectivity index (χ1v) is 10.5. The number of aliphatic hydroxyl groups excluding tert-OH is 1. The Morgan fingerprint density at radius 2 is 2.13 bits per heavy atom. The van der Waals surface area contributed by atoms with Crippen LogP contribution in [-0.2, 0) is 12.8 Å². The van der Waals surface area contributed by atoms with Crippen LogP contribution in [0.2, 0.25) is 0 Å². The highest BCUT2D eigenvalue weighted by molar-refractivity contribution is 6.00. The monoisotopic (exact) mass is 412 g/mol. The molecule has 2 unspecified atom stereocenters. The van der Waals surface area contributed by atoms with Crippen molar-refractivity contribution >= 4 is 17.5 Å². The van der Waals surface area contributed by atoms with E-state index in [0.29, 0.717) is 31.2 Å². The van der Waals surface area contributed by atoms with Gasteiger partial charge in [0, 0.05) is 12.6 Å². The van der Waals surface area contributed by atoms with Gasteiger partial charge in [-0.2, -0.15) is 10.1 Å². The molecule has 160 valence electrons. The minimum absolute atomic E-state index is 0.0885. The number of rotatable bonds is 5. The zero-order valence-corrected chi connectivity index (χ0v) is 17.6. The summed E-state index contributed by atoms with van der Waals surface area (Å²) < 4.78 is 1.62. The number of nitrogens with zero attached hydrogens (tertiary/aromatic N) is 4. The number of anilines is 1. The van der Waals surface area contributed by atoms with Gasteiger partial charge in [-0.05, 0) is 37.5 Å². The number of nitrogens with one attached hydrogen (secondary N) is 1. The molecule has 0 saturated heterocycles. The molecular formula is C21H28N6O3. The molecule has 4 rings (SSSR count). The molecule has 0 bridgehead atoms. The quantitative estimate of drug-likeness (QED) is 0.681. The summed E-state index contributed by atoms with van der Waals surface area (Å²) in [7, 11) is 0. The van der Waals surface area contributed by atoms with Gasteiger partial charge in [-0.25, -0.2) is 9.67 Å². The maximum Gasteiger partial charge on any atom is 0.254 e. The summed E-state index contributed by atoms with van der Waals surface area (Å²) in [5.41, 5.74) is 7.68. The molecule has 4 N–H and O–H groups in total. The standard InChI is InChI=1S/C21H28N6O3/c1-4-12-17-14(8-21(2,3)9-16(17)29)27(26-12)20-23-10-11(18(22)30)19(25-20)24-13-6-5-7-15(13)28/h10,13,15,28H,4-9H2,1-3H3,(H2,22,30)(H,23,24,25). The fourth-order valence-electron chi connectivity index (χ4n) is 4.49. The van der Waals surface area contributed by atoms with E-state index in [1.54, 1.807) is 4.68 Å². The predicted molar refractivity (Wildman–Crippen MR) is 111 cm³/mol. The third-order valence-corrected chi connectivity index (χ3v) is 5.98. The highest BCUT2D eigenvalue weighted by Crippen LogP contribution is 2.37. The smallest absolute Gasteiger partial charge is 0.254 e. The Morgan fingerprint density at radius 1 is 1.37 bits per heavy atom. The van der Waals surface area contributed by atoms with Gasteiger partial charge in [-0.1, -0.05) is 20.8 Å². The molecule has 0 aromatic carbocycles. The van der Waals surface area contributed by atoms with Crippen molar-refractivity contribution < 1.29 is 14.7 Å². The van der Waals surface area contributed by atoms with E-state index in [1.807, 2.05) is 6.92 Å². The second-order valence-corrected chi connectivity index (χ2v) is 9.02. The summed E-state index contributed by atoms with van der Waals surface area (Å²) in [5.74, 6) is -0.00583. The zero-order valence-electron chi connectivity index (χ0n) is 17.6. The molecule has 2 heterocycles. The number of aliphatic hydroxyl groups is 1. The third-order valence-electron chi connectivity index (χ3n) is 5.98. The molecular weight excluding hydrogens is 384 g/mol. The summed E-state index contributed by atoms with van der Waals surface area (Å²) >= 11 is 0. The van der Waals surface area contributed by atoms with Crippen LogP contribution in [0.25, 0.3) is 5.95 Å². The van der Waals surface area contributed by atoms with Gasteiger partial charge >= 0.3 is 0 Å². The molecule has 1 amide bonds. The summed E-state index contributed by atoms with van der Waals surface area (Å²) in [6, 6.07) is -0.205. The first kappa shape index (κ1) is 20.5. The summed E-state index contributed by atoms with van der Waals surface area (Å²) in [6.45, 7) is 6.08. The minimum Gasteiger partial charge on any atom is -0.391 e. The van der Waals surface area contributed by atoms with Crippen molar-refractivity contribution in [1.82, 2.24) is 19.7 Å². The molecule has 2 aromatic heterocycles. The number of primary amides is 1. The van der Waals surface area contributed by atoms with Crippen LogP contribution in [0, 0.1) is 5.41 Å². The zero-order chi connectivity index (χ0) is 21.6. The molecule has 30 heavy (non-hydrogen) atoms. The molecule has 0 spiro atoms. The number of aryl methyl sites for hydroxylation is 1. The van der Waals surface area contributed by atoms with Crippen LogP contribution in [0.15, 0.2) is 6.20 Å². The van der Waals surface area contributed by atoms with Gasteiger partial charge in [-0.15, -0.1) is 0 Å². The molecule has 9 nitrogen and oxygen atoms in total. The van der Waals surface area contributed by atoms with Gasteiger partial charge < -0.3 is 16.2 Å². The Kier molecular flexibility index (Phi) is 5.09. The molecule has 2 aliphatic rings. The lowest BCUT2D eigenvalue weighted by molar-refractivity contribution is 0.0909. The SMILES string of the molecule is CCc1nn(-c2ncc(C(N)=O)c(NC3CCCC3O)n2)c2c1C(=O)CC(C)(C)C2. The summed E-state index contributed by atoms with van der Waals surface area (Å²) in [4.78, 5) is 33.6. The van der Waals surface area contributed by atoms with Crippen molar-refractivity contribution in [1.29, 1.82) is 0 Å². The van der Waals surface area contributed by atoms with Crippen LogP contribution in [0.1, 0.15) is 78.6 Å². The lowest BCUT2D eigenvalue weighted by Gasteiger charge is -2.29. The van der Waals surface area contributed by atoms with E-state index < -0.39 is 12.0 Å². The van der Waals surface area contributed by atoms with Crippen LogP contribution in [0.5, 0.6) is 0 Å². The largest absolute Gasteiger partial charge is 0.391 e. The van der Waals surface area contributed by atoms with Gasteiger partial charge in [0.05, 0.1) is 34.7 Å². The topological polar surface area (TPSA) is 136 Å². The molecule has 0 aliphatic heterocycles. The third kappa shape index (κ3) is 3.58. The Morgan fingerprint density at radius 3 is 2.77 bits per heavy atom. The highest BCUT2D eigenvalue weighted by atomic mass is 16.3. The van der Waals surface area contributed by atoms with Crippen LogP contribution in [-0.4, -0.2) is 48.7 Å². The van der Waals surface area contributed by atoms with Gasteiger partial charge in [0.15, 0.2) is 5.78 Å². The fraction of sp³-hybridized carbons (Fsp3) is 0.571. The molecule has 2 aromatic rings. The van der Waals surface area contributed by atoms with Crippen molar-refractivity contribution in [3.8, 4) is 5.95 Å². The average Bonchev–Trinajstić information content (AvgIpc) is 3.24. The highest BCUT2D eigenvalue weighted by Gasteiger charge is 2.37. The Bertz CT molecular complexity index is 1010. The number of hydrogen-bond acceptors (Lipinski definition) is 7. The number of fused-ring (bicyclic) bond motifs is 1. The number of hydrogen-bond donors (Lipinski definition) is 3. The van der Waals surface area contributed by atoms with Crippen molar-refractivity contribution in [2.45, 2.75) is 71.4 Å². The first-order valence-electron chi connectivity index (χ1n) is 10.5. The number of nitrogens with two attached hydrogens (primary N) is 1. The fourth-order valence-corrected chi connectivity index (χ4v) is 4.49. The Balaban J connectivity index is 1.80. The number of ketones is 1.